The Morgan fingerprint density at radius 3 is 2.48 bits per heavy atom. The van der Waals surface area contributed by atoms with E-state index in [1.807, 2.05) is 20.8 Å². The Hall–Kier alpha value is -0.620. The van der Waals surface area contributed by atoms with E-state index in [-0.39, 0.29) is 4.75 Å². The van der Waals surface area contributed by atoms with E-state index in [4.69, 9.17) is 0 Å². The lowest BCUT2D eigenvalue weighted by Gasteiger charge is -2.33. The number of likely N-dealkylation sites (tertiary alicyclic amines) is 1. The van der Waals surface area contributed by atoms with E-state index in [2.05, 4.69) is 27.4 Å². The van der Waals surface area contributed by atoms with Gasteiger partial charge in [-0.15, -0.1) is 0 Å². The van der Waals surface area contributed by atoms with Crippen LogP contribution in [0.3, 0.4) is 0 Å². The summed E-state index contributed by atoms with van der Waals surface area (Å²) in [5.41, 5.74) is 0. The van der Waals surface area contributed by atoms with Gasteiger partial charge >= 0.3 is 0 Å². The van der Waals surface area contributed by atoms with Crippen LogP contribution < -0.4 is 10.6 Å². The van der Waals surface area contributed by atoms with Crippen LogP contribution in [-0.2, 0) is 10.8 Å². The van der Waals surface area contributed by atoms with E-state index < -0.39 is 10.8 Å². The molecule has 1 saturated heterocycles. The highest BCUT2D eigenvalue weighted by Gasteiger charge is 2.21. The number of unbranched alkanes of at least 4 members (excludes halogenated alkanes) is 1. The van der Waals surface area contributed by atoms with Crippen LogP contribution in [0.5, 0.6) is 0 Å². The van der Waals surface area contributed by atoms with Gasteiger partial charge in [-0.1, -0.05) is 13.3 Å². The molecule has 0 aliphatic carbocycles. The number of guanidine groups is 1. The molecule has 0 saturated carbocycles. The van der Waals surface area contributed by atoms with Gasteiger partial charge in [0.15, 0.2) is 5.96 Å². The van der Waals surface area contributed by atoms with E-state index in [1.165, 1.54) is 45.3 Å². The molecule has 0 spiro atoms. The standard InChI is InChI=1S/C17H36N4OS/c1-6-7-11-21-12-8-15(9-13-21)20-16(18-5)19-10-14-23(22)17(2,3)4/h15H,6-14H2,1-5H3,(H2,18,19,20). The van der Waals surface area contributed by atoms with Gasteiger partial charge in [0.05, 0.1) is 0 Å². The first kappa shape index (κ1) is 20.4. The van der Waals surface area contributed by atoms with Gasteiger partial charge in [0.25, 0.3) is 0 Å². The van der Waals surface area contributed by atoms with Crippen LogP contribution in [0.1, 0.15) is 53.4 Å². The number of hydrogen-bond acceptors (Lipinski definition) is 3. The first-order valence-corrected chi connectivity index (χ1v) is 10.3. The molecule has 136 valence electrons. The molecule has 0 aromatic rings. The van der Waals surface area contributed by atoms with Gasteiger partial charge in [0, 0.05) is 54.0 Å². The van der Waals surface area contributed by atoms with Crippen molar-refractivity contribution >= 4 is 16.8 Å². The lowest BCUT2D eigenvalue weighted by molar-refractivity contribution is 0.203. The maximum Gasteiger partial charge on any atom is 0.191 e. The second kappa shape index (κ2) is 10.3. The quantitative estimate of drug-likeness (QED) is 0.548. The fraction of sp³-hybridized carbons (Fsp3) is 0.941. The maximum absolute atomic E-state index is 12.1. The summed E-state index contributed by atoms with van der Waals surface area (Å²) in [6.45, 7) is 12.6. The van der Waals surface area contributed by atoms with E-state index in [1.54, 1.807) is 7.05 Å². The zero-order valence-electron chi connectivity index (χ0n) is 15.7. The lowest BCUT2D eigenvalue weighted by Crippen LogP contribution is -2.49. The molecule has 1 unspecified atom stereocenters. The van der Waals surface area contributed by atoms with Crippen molar-refractivity contribution in [2.45, 2.75) is 64.2 Å². The molecule has 6 heteroatoms. The van der Waals surface area contributed by atoms with Gasteiger partial charge < -0.3 is 15.5 Å². The van der Waals surface area contributed by atoms with Crippen LogP contribution in [0.15, 0.2) is 4.99 Å². The number of nitrogens with one attached hydrogen (secondary N) is 2. The van der Waals surface area contributed by atoms with Crippen molar-refractivity contribution in [3.05, 3.63) is 0 Å². The van der Waals surface area contributed by atoms with Crippen molar-refractivity contribution in [3.8, 4) is 0 Å². The number of piperidine rings is 1. The van der Waals surface area contributed by atoms with Gasteiger partial charge in [-0.25, -0.2) is 0 Å². The Bertz CT molecular complexity index is 385. The predicted molar refractivity (Wildman–Crippen MR) is 102 cm³/mol. The third-order valence-corrected chi connectivity index (χ3v) is 6.18. The molecule has 2 N–H and O–H groups in total. The fourth-order valence-corrected chi connectivity index (χ4v) is 3.54. The van der Waals surface area contributed by atoms with Gasteiger partial charge in [0.1, 0.15) is 0 Å². The summed E-state index contributed by atoms with van der Waals surface area (Å²) in [6, 6.07) is 0.493. The van der Waals surface area contributed by atoms with Gasteiger partial charge in [-0.05, 0) is 46.6 Å². The normalized spacial score (nSPS) is 19.6. The number of aliphatic imine (C=N–C) groups is 1. The molecule has 0 radical (unpaired) electrons. The molecule has 23 heavy (non-hydrogen) atoms. The first-order chi connectivity index (χ1) is 10.9. The summed E-state index contributed by atoms with van der Waals surface area (Å²) in [5, 5.41) is 6.81. The van der Waals surface area contributed by atoms with Gasteiger partial charge in [0.2, 0.25) is 0 Å². The molecule has 0 bridgehead atoms. The largest absolute Gasteiger partial charge is 0.355 e. The van der Waals surface area contributed by atoms with Crippen LogP contribution in [0.2, 0.25) is 0 Å². The molecule has 1 aliphatic rings. The Morgan fingerprint density at radius 1 is 1.30 bits per heavy atom. The summed E-state index contributed by atoms with van der Waals surface area (Å²) in [7, 11) is 0.976. The molecule has 0 aromatic carbocycles. The predicted octanol–water partition coefficient (Wildman–Crippen LogP) is 1.96. The highest BCUT2D eigenvalue weighted by atomic mass is 32.2. The molecular weight excluding hydrogens is 308 g/mol. The Kier molecular flexibility index (Phi) is 9.14. The summed E-state index contributed by atoms with van der Waals surface area (Å²) < 4.78 is 11.9. The minimum atomic E-state index is -0.823. The van der Waals surface area contributed by atoms with Crippen LogP contribution in [0, 0.1) is 0 Å². The zero-order valence-corrected chi connectivity index (χ0v) is 16.5. The minimum absolute atomic E-state index is 0.149. The molecule has 1 aliphatic heterocycles. The Balaban J connectivity index is 2.26. The van der Waals surface area contributed by atoms with E-state index in [0.29, 0.717) is 18.3 Å². The maximum atomic E-state index is 12.1. The average Bonchev–Trinajstić information content (AvgIpc) is 2.52. The van der Waals surface area contributed by atoms with Gasteiger partial charge in [-0.2, -0.15) is 0 Å². The Morgan fingerprint density at radius 2 is 1.96 bits per heavy atom. The van der Waals surface area contributed by atoms with Crippen molar-refractivity contribution in [1.29, 1.82) is 0 Å². The summed E-state index contributed by atoms with van der Waals surface area (Å²) in [4.78, 5) is 6.85. The molecule has 0 aromatic heterocycles. The van der Waals surface area contributed by atoms with Crippen molar-refractivity contribution in [2.75, 3.05) is 39.0 Å². The lowest BCUT2D eigenvalue weighted by atomic mass is 10.0. The van der Waals surface area contributed by atoms with E-state index in [0.717, 1.165) is 5.96 Å². The Labute approximate surface area is 145 Å². The fourth-order valence-electron chi connectivity index (χ4n) is 2.64. The second-order valence-corrected chi connectivity index (χ2v) is 9.60. The van der Waals surface area contributed by atoms with Crippen LogP contribution in [-0.4, -0.2) is 64.8 Å². The van der Waals surface area contributed by atoms with Crippen LogP contribution in [0.25, 0.3) is 0 Å². The smallest absolute Gasteiger partial charge is 0.191 e. The van der Waals surface area contributed by atoms with Crippen molar-refractivity contribution in [3.63, 3.8) is 0 Å². The SMILES string of the molecule is CCCCN1CCC(NC(=NC)NCCS(=O)C(C)(C)C)CC1. The van der Waals surface area contributed by atoms with E-state index >= 15 is 0 Å². The topological polar surface area (TPSA) is 56.7 Å². The van der Waals surface area contributed by atoms with Crippen LogP contribution >= 0.6 is 0 Å². The van der Waals surface area contributed by atoms with E-state index in [9.17, 15) is 4.21 Å². The summed E-state index contributed by atoms with van der Waals surface area (Å²) in [5.74, 6) is 1.49. The monoisotopic (exact) mass is 344 g/mol. The molecular formula is C17H36N4OS. The average molecular weight is 345 g/mol. The highest BCUT2D eigenvalue weighted by molar-refractivity contribution is 7.86. The summed E-state index contributed by atoms with van der Waals surface area (Å²) in [6.07, 6.45) is 4.90. The first-order valence-electron chi connectivity index (χ1n) is 8.94. The molecule has 1 rings (SSSR count). The zero-order chi connectivity index (χ0) is 17.3. The number of hydrogen-bond donors (Lipinski definition) is 2. The van der Waals surface area contributed by atoms with Crippen molar-refractivity contribution < 1.29 is 4.21 Å². The second-order valence-electron chi connectivity index (χ2n) is 7.27. The molecule has 1 heterocycles. The molecule has 5 nitrogen and oxygen atoms in total. The number of nitrogens with zero attached hydrogens (tertiary/aromatic N) is 2. The molecule has 1 fully saturated rings. The molecule has 0 amide bonds. The minimum Gasteiger partial charge on any atom is -0.355 e. The van der Waals surface area contributed by atoms with Crippen LogP contribution in [0.4, 0.5) is 0 Å². The van der Waals surface area contributed by atoms with Gasteiger partial charge in [-0.3, -0.25) is 9.20 Å². The van der Waals surface area contributed by atoms with Crippen molar-refractivity contribution in [2.24, 2.45) is 4.99 Å². The summed E-state index contributed by atoms with van der Waals surface area (Å²) >= 11 is 0. The third kappa shape index (κ3) is 8.15. The third-order valence-electron chi connectivity index (χ3n) is 4.24. The highest BCUT2D eigenvalue weighted by Crippen LogP contribution is 2.12. The number of rotatable bonds is 7. The molecule has 1 atom stereocenters. The van der Waals surface area contributed by atoms with Crippen molar-refractivity contribution in [1.82, 2.24) is 15.5 Å².